The third kappa shape index (κ3) is 5.62. The molecule has 1 N–H and O–H groups in total. The quantitative estimate of drug-likeness (QED) is 0.776. The first kappa shape index (κ1) is 19.0. The number of benzene rings is 1. The Morgan fingerprint density at radius 3 is 2.41 bits per heavy atom. The summed E-state index contributed by atoms with van der Waals surface area (Å²) in [5, 5.41) is 0. The zero-order valence-electron chi connectivity index (χ0n) is 13.5. The van der Waals surface area contributed by atoms with E-state index in [1.54, 1.807) is 18.2 Å². The molecule has 22 heavy (non-hydrogen) atoms. The van der Waals surface area contributed by atoms with Crippen LogP contribution in [0.3, 0.4) is 0 Å². The fraction of sp³-hybridized carbons (Fsp3) is 0.600. The van der Waals surface area contributed by atoms with Crippen molar-refractivity contribution in [3.8, 4) is 11.5 Å². The van der Waals surface area contributed by atoms with Gasteiger partial charge in [-0.05, 0) is 45.4 Å². The number of rotatable bonds is 7. The van der Waals surface area contributed by atoms with E-state index in [-0.39, 0.29) is 16.5 Å². The molecular weight excluding hydrogens is 312 g/mol. The van der Waals surface area contributed by atoms with E-state index in [0.29, 0.717) is 5.75 Å². The molecule has 0 aliphatic heterocycles. The van der Waals surface area contributed by atoms with Crippen molar-refractivity contribution in [2.24, 2.45) is 0 Å². The predicted octanol–water partition coefficient (Wildman–Crippen LogP) is 3.45. The first-order valence-electron chi connectivity index (χ1n) is 6.92. The molecule has 1 rings (SSSR count). The van der Waals surface area contributed by atoms with Gasteiger partial charge in [0.2, 0.25) is 0 Å². The van der Waals surface area contributed by atoms with Gasteiger partial charge in [0.15, 0.2) is 11.5 Å². The normalized spacial score (nSPS) is 14.8. The van der Waals surface area contributed by atoms with E-state index in [9.17, 15) is 13.3 Å². The second-order valence-corrected chi connectivity index (χ2v) is 7.83. The SMILES string of the molecule is COc1cc([C@@H](C)N[S@+]([O-])C(C)(C)C)ccc1OCC(F)F. The average Bonchev–Trinajstić information content (AvgIpc) is 2.43. The molecule has 0 aromatic heterocycles. The molecule has 0 amide bonds. The van der Waals surface area contributed by atoms with Gasteiger partial charge in [0.05, 0.1) is 13.2 Å². The van der Waals surface area contributed by atoms with Crippen molar-refractivity contribution in [1.29, 1.82) is 0 Å². The lowest BCUT2D eigenvalue weighted by Crippen LogP contribution is -2.40. The molecule has 4 nitrogen and oxygen atoms in total. The maximum Gasteiger partial charge on any atom is 0.272 e. The third-order valence-electron chi connectivity index (χ3n) is 2.89. The lowest BCUT2D eigenvalue weighted by molar-refractivity contribution is 0.0804. The van der Waals surface area contributed by atoms with Gasteiger partial charge in [-0.15, -0.1) is 4.72 Å². The highest BCUT2D eigenvalue weighted by Crippen LogP contribution is 2.31. The fourth-order valence-corrected chi connectivity index (χ4v) is 2.44. The molecule has 0 saturated carbocycles. The molecule has 2 atom stereocenters. The van der Waals surface area contributed by atoms with E-state index < -0.39 is 24.4 Å². The van der Waals surface area contributed by atoms with Crippen LogP contribution in [-0.4, -0.2) is 29.4 Å². The number of hydrogen-bond acceptors (Lipinski definition) is 4. The van der Waals surface area contributed by atoms with Crippen molar-refractivity contribution >= 4 is 11.4 Å². The van der Waals surface area contributed by atoms with Gasteiger partial charge in [-0.2, -0.15) is 0 Å². The Labute approximate surface area is 133 Å². The van der Waals surface area contributed by atoms with Crippen LogP contribution in [0.25, 0.3) is 0 Å². The van der Waals surface area contributed by atoms with Gasteiger partial charge in [0.25, 0.3) is 6.43 Å². The van der Waals surface area contributed by atoms with Crippen LogP contribution in [0, 0.1) is 0 Å². The zero-order valence-corrected chi connectivity index (χ0v) is 14.3. The van der Waals surface area contributed by atoms with Crippen LogP contribution in [0.15, 0.2) is 18.2 Å². The molecule has 0 radical (unpaired) electrons. The van der Waals surface area contributed by atoms with Crippen molar-refractivity contribution < 1.29 is 22.8 Å². The Balaban J connectivity index is 2.83. The van der Waals surface area contributed by atoms with Crippen LogP contribution in [0.4, 0.5) is 8.78 Å². The smallest absolute Gasteiger partial charge is 0.272 e. The monoisotopic (exact) mass is 335 g/mol. The van der Waals surface area contributed by atoms with E-state index in [1.807, 2.05) is 27.7 Å². The summed E-state index contributed by atoms with van der Waals surface area (Å²) in [5.41, 5.74) is 0.832. The Morgan fingerprint density at radius 2 is 1.91 bits per heavy atom. The molecule has 0 spiro atoms. The van der Waals surface area contributed by atoms with Gasteiger partial charge in [-0.3, -0.25) is 0 Å². The second kappa shape index (κ2) is 7.99. The lowest BCUT2D eigenvalue weighted by atomic mass is 10.1. The predicted molar refractivity (Wildman–Crippen MR) is 83.9 cm³/mol. The number of alkyl halides is 2. The summed E-state index contributed by atoms with van der Waals surface area (Å²) in [6.07, 6.45) is -2.54. The van der Waals surface area contributed by atoms with Crippen LogP contribution < -0.4 is 14.2 Å². The van der Waals surface area contributed by atoms with Crippen LogP contribution in [0.2, 0.25) is 0 Å². The lowest BCUT2D eigenvalue weighted by Gasteiger charge is -2.26. The standard InChI is InChI=1S/C15H23F2NO3S/c1-10(18-22(19)15(2,3)4)11-6-7-12(13(8-11)20-5)21-9-14(16)17/h6-8,10,14,18H,9H2,1-5H3/t10-,22-/m1/s1. The molecular formula is C15H23F2NO3S. The van der Waals surface area contributed by atoms with Crippen LogP contribution in [-0.2, 0) is 11.4 Å². The largest absolute Gasteiger partial charge is 0.598 e. The van der Waals surface area contributed by atoms with Crippen LogP contribution in [0.5, 0.6) is 11.5 Å². The van der Waals surface area contributed by atoms with E-state index >= 15 is 0 Å². The summed E-state index contributed by atoms with van der Waals surface area (Å²) in [4.78, 5) is 0. The molecule has 0 saturated heterocycles. The minimum atomic E-state index is -2.54. The van der Waals surface area contributed by atoms with Crippen molar-refractivity contribution in [3.63, 3.8) is 0 Å². The summed E-state index contributed by atoms with van der Waals surface area (Å²) in [6.45, 7) is 6.83. The first-order valence-corrected chi connectivity index (χ1v) is 8.07. The minimum Gasteiger partial charge on any atom is -0.598 e. The highest BCUT2D eigenvalue weighted by molar-refractivity contribution is 7.90. The van der Waals surface area contributed by atoms with Gasteiger partial charge in [-0.25, -0.2) is 8.78 Å². The molecule has 0 bridgehead atoms. The first-order chi connectivity index (χ1) is 10.1. The molecule has 0 aliphatic rings. The second-order valence-electron chi connectivity index (χ2n) is 5.83. The Hall–Kier alpha value is -1.05. The maximum absolute atomic E-state index is 12.2. The molecule has 0 aliphatic carbocycles. The van der Waals surface area contributed by atoms with Crippen LogP contribution >= 0.6 is 0 Å². The number of halogens is 2. The Kier molecular flexibility index (Phi) is 6.90. The van der Waals surface area contributed by atoms with E-state index in [4.69, 9.17) is 9.47 Å². The van der Waals surface area contributed by atoms with Crippen LogP contribution in [0.1, 0.15) is 39.3 Å². The van der Waals surface area contributed by atoms with Gasteiger partial charge < -0.3 is 14.0 Å². The molecule has 0 fully saturated rings. The van der Waals surface area contributed by atoms with E-state index in [0.717, 1.165) is 5.56 Å². The van der Waals surface area contributed by atoms with Gasteiger partial charge in [0.1, 0.15) is 11.4 Å². The third-order valence-corrected chi connectivity index (χ3v) is 4.57. The zero-order chi connectivity index (χ0) is 16.9. The number of methoxy groups -OCH3 is 1. The highest BCUT2D eigenvalue weighted by Gasteiger charge is 2.28. The molecule has 0 heterocycles. The summed E-state index contributed by atoms with van der Waals surface area (Å²) in [7, 11) is 1.44. The molecule has 1 aromatic carbocycles. The summed E-state index contributed by atoms with van der Waals surface area (Å²) in [6, 6.07) is 4.83. The maximum atomic E-state index is 12.2. The summed E-state index contributed by atoms with van der Waals surface area (Å²) >= 11 is -1.21. The topological polar surface area (TPSA) is 53.5 Å². The van der Waals surface area contributed by atoms with Crippen molar-refractivity contribution in [2.45, 2.75) is 44.9 Å². The van der Waals surface area contributed by atoms with Crippen molar-refractivity contribution in [3.05, 3.63) is 23.8 Å². The minimum absolute atomic E-state index is 0.182. The molecule has 1 aromatic rings. The highest BCUT2D eigenvalue weighted by atomic mass is 32.2. The number of nitrogens with one attached hydrogen (secondary N) is 1. The number of ether oxygens (including phenoxy) is 2. The van der Waals surface area contributed by atoms with Gasteiger partial charge in [-0.1, -0.05) is 6.07 Å². The van der Waals surface area contributed by atoms with Gasteiger partial charge in [0, 0.05) is 11.4 Å². The molecule has 0 unspecified atom stereocenters. The van der Waals surface area contributed by atoms with E-state index in [2.05, 4.69) is 4.72 Å². The number of hydrogen-bond donors (Lipinski definition) is 1. The van der Waals surface area contributed by atoms with Gasteiger partial charge >= 0.3 is 0 Å². The summed E-state index contributed by atoms with van der Waals surface area (Å²) in [5.74, 6) is 0.629. The molecule has 126 valence electrons. The molecule has 7 heteroatoms. The van der Waals surface area contributed by atoms with Crippen molar-refractivity contribution in [1.82, 2.24) is 4.72 Å². The van der Waals surface area contributed by atoms with E-state index in [1.165, 1.54) is 7.11 Å². The summed E-state index contributed by atoms with van der Waals surface area (Å²) < 4.78 is 49.3. The Bertz CT molecular complexity index is 480. The van der Waals surface area contributed by atoms with Crippen molar-refractivity contribution in [2.75, 3.05) is 13.7 Å². The average molecular weight is 335 g/mol. The fourth-order valence-electron chi connectivity index (χ4n) is 1.63. The Morgan fingerprint density at radius 1 is 1.27 bits per heavy atom.